The van der Waals surface area contributed by atoms with Gasteiger partial charge in [0.05, 0.1) is 5.39 Å². The summed E-state index contributed by atoms with van der Waals surface area (Å²) in [5.74, 6) is 1.26. The van der Waals surface area contributed by atoms with Gasteiger partial charge in [-0.2, -0.15) is 0 Å². The van der Waals surface area contributed by atoms with Crippen LogP contribution in [0, 0.1) is 6.92 Å². The fraction of sp³-hybridized carbons (Fsp3) is 0.150. The summed E-state index contributed by atoms with van der Waals surface area (Å²) in [5, 5.41) is 5.32. The Hall–Kier alpha value is -2.77. The van der Waals surface area contributed by atoms with E-state index in [1.54, 1.807) is 34.8 Å². The molecule has 3 heterocycles. The van der Waals surface area contributed by atoms with Crippen LogP contribution in [0.15, 0.2) is 47.2 Å². The third-order valence-corrected chi connectivity index (χ3v) is 6.11. The molecule has 0 saturated heterocycles. The highest BCUT2D eigenvalue weighted by Crippen LogP contribution is 2.40. The number of carbonyl (C=O) groups excluding carboxylic acids is 1. The number of aryl methyl sites for hydroxylation is 1. The summed E-state index contributed by atoms with van der Waals surface area (Å²) in [6, 6.07) is 11.5. The minimum absolute atomic E-state index is 0.415. The summed E-state index contributed by atoms with van der Waals surface area (Å²) >= 11 is 3.36. The number of hydrogen-bond donors (Lipinski definition) is 1. The fourth-order valence-electron chi connectivity index (χ4n) is 3.04. The second-order valence-corrected chi connectivity index (χ2v) is 8.12. The lowest BCUT2D eigenvalue weighted by Gasteiger charge is -2.20. The molecule has 0 spiro atoms. The van der Waals surface area contributed by atoms with E-state index in [0.717, 1.165) is 27.4 Å². The van der Waals surface area contributed by atoms with Crippen molar-refractivity contribution in [2.24, 2.45) is 5.73 Å². The van der Waals surface area contributed by atoms with Crippen LogP contribution >= 0.6 is 22.7 Å². The predicted octanol–water partition coefficient (Wildman–Crippen LogP) is 4.46. The van der Waals surface area contributed by atoms with E-state index in [9.17, 15) is 4.79 Å². The SMILES string of the molecule is Cc1nc(N(C)Cc2ccc(C(N)=O)cc2)c2c(-c3cccs3)csc2n1. The summed E-state index contributed by atoms with van der Waals surface area (Å²) in [7, 11) is 2.03. The number of rotatable bonds is 5. The van der Waals surface area contributed by atoms with Crippen molar-refractivity contribution in [1.29, 1.82) is 0 Å². The van der Waals surface area contributed by atoms with Gasteiger partial charge in [-0.3, -0.25) is 4.79 Å². The van der Waals surface area contributed by atoms with Crippen molar-refractivity contribution >= 4 is 44.6 Å². The molecule has 1 amide bonds. The summed E-state index contributed by atoms with van der Waals surface area (Å²) in [6.45, 7) is 2.59. The first kappa shape index (κ1) is 17.6. The van der Waals surface area contributed by atoms with Gasteiger partial charge >= 0.3 is 0 Å². The van der Waals surface area contributed by atoms with Crippen LogP contribution < -0.4 is 10.6 Å². The summed E-state index contributed by atoms with van der Waals surface area (Å²) < 4.78 is 0. The van der Waals surface area contributed by atoms with Gasteiger partial charge in [0.1, 0.15) is 16.5 Å². The highest BCUT2D eigenvalue weighted by Gasteiger charge is 2.18. The number of benzene rings is 1. The van der Waals surface area contributed by atoms with Crippen LogP contribution in [0.2, 0.25) is 0 Å². The number of thiophene rings is 2. The summed E-state index contributed by atoms with van der Waals surface area (Å²) in [5.41, 5.74) is 8.10. The van der Waals surface area contributed by atoms with E-state index in [1.807, 2.05) is 26.1 Å². The van der Waals surface area contributed by atoms with Crippen molar-refractivity contribution in [3.8, 4) is 10.4 Å². The highest BCUT2D eigenvalue weighted by molar-refractivity contribution is 7.18. The van der Waals surface area contributed by atoms with Gasteiger partial charge in [-0.25, -0.2) is 9.97 Å². The molecular weight excluding hydrogens is 376 g/mol. The van der Waals surface area contributed by atoms with Gasteiger partial charge in [0.15, 0.2) is 0 Å². The number of primary amides is 1. The number of aromatic nitrogens is 2. The molecule has 0 aliphatic carbocycles. The zero-order valence-electron chi connectivity index (χ0n) is 15.0. The first-order valence-corrected chi connectivity index (χ1v) is 10.2. The molecule has 0 saturated carbocycles. The molecule has 136 valence electrons. The average molecular weight is 395 g/mol. The van der Waals surface area contributed by atoms with E-state index in [4.69, 9.17) is 10.7 Å². The molecule has 7 heteroatoms. The maximum atomic E-state index is 11.3. The summed E-state index contributed by atoms with van der Waals surface area (Å²) in [6.07, 6.45) is 0. The number of nitrogens with zero attached hydrogens (tertiary/aromatic N) is 3. The highest BCUT2D eigenvalue weighted by atomic mass is 32.1. The minimum atomic E-state index is -0.415. The van der Waals surface area contributed by atoms with Crippen LogP contribution in [0.1, 0.15) is 21.7 Å². The van der Waals surface area contributed by atoms with Gasteiger partial charge in [0.25, 0.3) is 0 Å². The Morgan fingerprint density at radius 2 is 1.93 bits per heavy atom. The third-order valence-electron chi connectivity index (χ3n) is 4.33. The van der Waals surface area contributed by atoms with Gasteiger partial charge < -0.3 is 10.6 Å². The topological polar surface area (TPSA) is 72.1 Å². The van der Waals surface area contributed by atoms with Crippen LogP contribution in [0.25, 0.3) is 20.7 Å². The Balaban J connectivity index is 1.73. The van der Waals surface area contributed by atoms with E-state index >= 15 is 0 Å². The Labute approximate surface area is 165 Å². The van der Waals surface area contributed by atoms with Crippen molar-refractivity contribution in [1.82, 2.24) is 9.97 Å². The van der Waals surface area contributed by atoms with Crippen LogP contribution in [-0.2, 0) is 6.54 Å². The monoisotopic (exact) mass is 394 g/mol. The largest absolute Gasteiger partial charge is 0.366 e. The molecule has 0 bridgehead atoms. The number of anilines is 1. The van der Waals surface area contributed by atoms with E-state index < -0.39 is 5.91 Å². The Morgan fingerprint density at radius 1 is 1.15 bits per heavy atom. The zero-order valence-corrected chi connectivity index (χ0v) is 16.6. The third kappa shape index (κ3) is 3.43. The first-order valence-electron chi connectivity index (χ1n) is 8.42. The van der Waals surface area contributed by atoms with Gasteiger partial charge in [0, 0.05) is 35.0 Å². The molecule has 5 nitrogen and oxygen atoms in total. The fourth-order valence-corrected chi connectivity index (χ4v) is 4.84. The van der Waals surface area contributed by atoms with Crippen molar-refractivity contribution in [3.05, 3.63) is 64.1 Å². The van der Waals surface area contributed by atoms with E-state index in [-0.39, 0.29) is 0 Å². The molecule has 0 aliphatic heterocycles. The molecule has 0 aliphatic rings. The van der Waals surface area contributed by atoms with Crippen LogP contribution in [-0.4, -0.2) is 22.9 Å². The quantitative estimate of drug-likeness (QED) is 0.542. The average Bonchev–Trinajstić information content (AvgIpc) is 3.30. The predicted molar refractivity (Wildman–Crippen MR) is 113 cm³/mol. The van der Waals surface area contributed by atoms with Crippen molar-refractivity contribution < 1.29 is 4.79 Å². The standard InChI is InChI=1S/C20H18N4OS2/c1-12-22-19(24(2)10-13-5-7-14(8-6-13)18(21)25)17-15(11-27-20(17)23-12)16-4-3-9-26-16/h3-9,11H,10H2,1-2H3,(H2,21,25). The van der Waals surface area contributed by atoms with Gasteiger partial charge in [-0.1, -0.05) is 18.2 Å². The van der Waals surface area contributed by atoms with Crippen molar-refractivity contribution in [3.63, 3.8) is 0 Å². The Bertz CT molecular complexity index is 1100. The van der Waals surface area contributed by atoms with E-state index in [2.05, 4.69) is 32.8 Å². The number of hydrogen-bond acceptors (Lipinski definition) is 6. The molecule has 0 unspecified atom stereocenters. The molecule has 27 heavy (non-hydrogen) atoms. The molecule has 0 atom stereocenters. The number of amides is 1. The zero-order chi connectivity index (χ0) is 19.0. The Kier molecular flexibility index (Phi) is 4.63. The van der Waals surface area contributed by atoms with Gasteiger partial charge in [-0.15, -0.1) is 22.7 Å². The molecule has 0 fully saturated rings. The molecule has 4 aromatic rings. The van der Waals surface area contributed by atoms with Crippen LogP contribution in [0.3, 0.4) is 0 Å². The maximum Gasteiger partial charge on any atom is 0.248 e. The van der Waals surface area contributed by atoms with E-state index in [1.165, 1.54) is 10.4 Å². The van der Waals surface area contributed by atoms with Crippen molar-refractivity contribution in [2.45, 2.75) is 13.5 Å². The lowest BCUT2D eigenvalue weighted by Crippen LogP contribution is -2.19. The molecule has 0 radical (unpaired) electrons. The van der Waals surface area contributed by atoms with Crippen LogP contribution in [0.5, 0.6) is 0 Å². The van der Waals surface area contributed by atoms with E-state index in [0.29, 0.717) is 12.1 Å². The molecule has 3 aromatic heterocycles. The number of nitrogens with two attached hydrogens (primary N) is 1. The second-order valence-electron chi connectivity index (χ2n) is 6.32. The smallest absolute Gasteiger partial charge is 0.248 e. The molecule has 2 N–H and O–H groups in total. The lowest BCUT2D eigenvalue weighted by atomic mass is 10.1. The second kappa shape index (κ2) is 7.09. The summed E-state index contributed by atoms with van der Waals surface area (Å²) in [4.78, 5) is 25.0. The maximum absolute atomic E-state index is 11.3. The first-order chi connectivity index (χ1) is 13.0. The molecule has 1 aromatic carbocycles. The number of fused-ring (bicyclic) bond motifs is 1. The van der Waals surface area contributed by atoms with Crippen LogP contribution in [0.4, 0.5) is 5.82 Å². The lowest BCUT2D eigenvalue weighted by molar-refractivity contribution is 0.100. The van der Waals surface area contributed by atoms with Crippen molar-refractivity contribution in [2.75, 3.05) is 11.9 Å². The molecule has 4 rings (SSSR count). The normalized spacial score (nSPS) is 11.0. The number of carbonyl (C=O) groups is 1. The Morgan fingerprint density at radius 3 is 2.59 bits per heavy atom. The minimum Gasteiger partial charge on any atom is -0.366 e. The van der Waals surface area contributed by atoms with Gasteiger partial charge in [-0.05, 0) is 36.1 Å². The van der Waals surface area contributed by atoms with Gasteiger partial charge in [0.2, 0.25) is 5.91 Å². The molecular formula is C20H18N4OS2.